The number of benzene rings is 1. The number of carboxylic acid groups (broad SMARTS) is 1. The van der Waals surface area contributed by atoms with Crippen LogP contribution in [0.25, 0.3) is 0 Å². The summed E-state index contributed by atoms with van der Waals surface area (Å²) in [4.78, 5) is 38.8. The number of aliphatic hydroxyl groups is 1. The fourth-order valence-corrected chi connectivity index (χ4v) is 6.16. The third-order valence-electron chi connectivity index (χ3n) is 9.27. The first-order valence-corrected chi connectivity index (χ1v) is 18.6. The second-order valence-corrected chi connectivity index (χ2v) is 13.2. The number of allylic oxidation sites excluding steroid dienone is 1. The largest absolute Gasteiger partial charge is 0.494 e. The third-order valence-corrected chi connectivity index (χ3v) is 9.27. The van der Waals surface area contributed by atoms with Gasteiger partial charge >= 0.3 is 11.9 Å². The Morgan fingerprint density at radius 1 is 0.900 bits per heavy atom. The summed E-state index contributed by atoms with van der Waals surface area (Å²) in [5, 5.41) is 24.0. The number of aliphatic carboxylic acids is 1. The Balaban J connectivity index is 2.02. The topological polar surface area (TPSA) is 150 Å². The van der Waals surface area contributed by atoms with E-state index in [1.807, 2.05) is 0 Å². The summed E-state index contributed by atoms with van der Waals surface area (Å²) < 4.78 is 27.8. The van der Waals surface area contributed by atoms with Crippen LogP contribution < -0.4 is 10.1 Å². The molecule has 1 aromatic rings. The van der Waals surface area contributed by atoms with Gasteiger partial charge in [0.15, 0.2) is 11.4 Å². The predicted molar refractivity (Wildman–Crippen MR) is 192 cm³/mol. The number of ether oxygens (including phenoxy) is 5. The Labute approximate surface area is 299 Å². The molecular formula is C39H63NO10. The summed E-state index contributed by atoms with van der Waals surface area (Å²) in [5.74, 6) is -4.27. The molecule has 50 heavy (non-hydrogen) atoms. The first-order chi connectivity index (χ1) is 24.1. The van der Waals surface area contributed by atoms with Crippen LogP contribution in [0.2, 0.25) is 0 Å². The maximum absolute atomic E-state index is 13.7. The number of rotatable bonds is 28. The highest BCUT2D eigenvalue weighted by Gasteiger charge is 2.47. The Morgan fingerprint density at radius 3 is 2.10 bits per heavy atom. The molecule has 1 amide bonds. The Bertz CT molecular complexity index is 1130. The second-order valence-electron chi connectivity index (χ2n) is 13.2. The number of nitrogens with one attached hydrogen (secondary N) is 1. The molecule has 1 saturated heterocycles. The molecule has 1 aliphatic rings. The van der Waals surface area contributed by atoms with E-state index in [4.69, 9.17) is 23.7 Å². The summed E-state index contributed by atoms with van der Waals surface area (Å²) in [6, 6.07) is 6.09. The Hall–Kier alpha value is -2.99. The van der Waals surface area contributed by atoms with E-state index in [0.29, 0.717) is 32.0 Å². The van der Waals surface area contributed by atoms with Crippen molar-refractivity contribution in [1.82, 2.24) is 5.32 Å². The number of hydrogen-bond acceptors (Lipinski definition) is 9. The minimum atomic E-state index is -2.46. The molecule has 1 heterocycles. The van der Waals surface area contributed by atoms with Crippen LogP contribution in [-0.4, -0.2) is 86.1 Å². The summed E-state index contributed by atoms with van der Waals surface area (Å²) in [7, 11) is 2.61. The van der Waals surface area contributed by atoms with E-state index in [9.17, 15) is 24.6 Å². The van der Waals surface area contributed by atoms with Crippen LogP contribution in [-0.2, 0) is 39.8 Å². The van der Waals surface area contributed by atoms with Gasteiger partial charge in [0.2, 0.25) is 5.91 Å². The van der Waals surface area contributed by atoms with Crippen molar-refractivity contribution >= 4 is 17.8 Å². The van der Waals surface area contributed by atoms with Crippen LogP contribution in [0.3, 0.4) is 0 Å². The lowest BCUT2D eigenvalue weighted by molar-refractivity contribution is -0.169. The molecule has 1 aliphatic heterocycles. The van der Waals surface area contributed by atoms with Gasteiger partial charge in [-0.3, -0.25) is 4.79 Å². The Kier molecular flexibility index (Phi) is 20.9. The van der Waals surface area contributed by atoms with Crippen LogP contribution in [0.1, 0.15) is 116 Å². The predicted octanol–water partition coefficient (Wildman–Crippen LogP) is 6.53. The van der Waals surface area contributed by atoms with Gasteiger partial charge in [0.25, 0.3) is 0 Å². The van der Waals surface area contributed by atoms with Crippen LogP contribution in [0.5, 0.6) is 5.75 Å². The molecule has 0 radical (unpaired) electrons. The van der Waals surface area contributed by atoms with Crippen molar-refractivity contribution < 1.29 is 48.3 Å². The fourth-order valence-electron chi connectivity index (χ4n) is 6.16. The molecule has 2 rings (SSSR count). The molecule has 0 unspecified atom stereocenters. The normalized spacial score (nSPS) is 16.5. The summed E-state index contributed by atoms with van der Waals surface area (Å²) in [6.45, 7) is 6.10. The third kappa shape index (κ3) is 15.1. The molecule has 11 nitrogen and oxygen atoms in total. The van der Waals surface area contributed by atoms with E-state index in [2.05, 4.69) is 19.2 Å². The van der Waals surface area contributed by atoms with Crippen molar-refractivity contribution in [3.63, 3.8) is 0 Å². The minimum absolute atomic E-state index is 0.0822. The van der Waals surface area contributed by atoms with Gasteiger partial charge in [0, 0.05) is 39.4 Å². The number of carbonyl (C=O) groups is 3. The van der Waals surface area contributed by atoms with Crippen LogP contribution >= 0.6 is 0 Å². The average molecular weight is 706 g/mol. The maximum atomic E-state index is 13.7. The van der Waals surface area contributed by atoms with E-state index in [1.165, 1.54) is 46.0 Å². The smallest absolute Gasteiger partial charge is 0.336 e. The highest BCUT2D eigenvalue weighted by Crippen LogP contribution is 2.32. The molecule has 0 aliphatic carbocycles. The monoisotopic (exact) mass is 705 g/mol. The van der Waals surface area contributed by atoms with Crippen LogP contribution in [0, 0.1) is 5.92 Å². The van der Waals surface area contributed by atoms with Gasteiger partial charge < -0.3 is 39.2 Å². The molecule has 3 atom stereocenters. The summed E-state index contributed by atoms with van der Waals surface area (Å²) >= 11 is 0. The molecule has 284 valence electrons. The van der Waals surface area contributed by atoms with Crippen LogP contribution in [0.4, 0.5) is 0 Å². The van der Waals surface area contributed by atoms with E-state index < -0.39 is 41.2 Å². The number of carbonyl (C=O) groups excluding carboxylic acids is 2. The zero-order chi connectivity index (χ0) is 36.7. The minimum Gasteiger partial charge on any atom is -0.494 e. The SMILES string of the molecule is CCCCCCCC1(CCCCCCC=C[C@H](C(=O)N[C@@H](Cc2ccc(OCCCC)cc2)C(=O)OC)[C@@](O)(CCOC)C(=O)O)OCCO1. The number of hydrogen-bond donors (Lipinski definition) is 3. The quantitative estimate of drug-likeness (QED) is 0.0499. The van der Waals surface area contributed by atoms with Crippen molar-refractivity contribution in [2.75, 3.05) is 40.6 Å². The van der Waals surface area contributed by atoms with Gasteiger partial charge in [-0.25, -0.2) is 9.59 Å². The van der Waals surface area contributed by atoms with Crippen molar-refractivity contribution in [3.05, 3.63) is 42.0 Å². The van der Waals surface area contributed by atoms with Gasteiger partial charge in [-0.15, -0.1) is 0 Å². The molecular weight excluding hydrogens is 642 g/mol. The van der Waals surface area contributed by atoms with Gasteiger partial charge in [-0.2, -0.15) is 0 Å². The molecule has 0 saturated carbocycles. The molecule has 0 aromatic heterocycles. The lowest BCUT2D eigenvalue weighted by Gasteiger charge is -2.30. The number of amides is 1. The fraction of sp³-hybridized carbons (Fsp3) is 0.718. The van der Waals surface area contributed by atoms with Crippen molar-refractivity contribution in [3.8, 4) is 5.75 Å². The molecule has 0 spiro atoms. The van der Waals surface area contributed by atoms with E-state index in [1.54, 1.807) is 30.3 Å². The van der Waals surface area contributed by atoms with Crippen molar-refractivity contribution in [2.24, 2.45) is 5.92 Å². The molecule has 1 fully saturated rings. The number of methoxy groups -OCH3 is 2. The number of unbranched alkanes of at least 4 members (excludes halogenated alkanes) is 9. The maximum Gasteiger partial charge on any atom is 0.336 e. The standard InChI is InChI=1S/C39H63NO10/c1-5-7-9-13-16-23-38(49-28-29-50-38)24-17-14-11-10-12-15-18-33(39(45,37(43)44)25-27-46-3)35(41)40-34(36(42)47-4)30-31-19-21-32(22-20-31)48-26-8-6-2/h15,18-22,33-34,45H,5-14,16-17,23-30H2,1-4H3,(H,40,41)(H,43,44)/t33-,34+,39+/m1/s1. The summed E-state index contributed by atoms with van der Waals surface area (Å²) in [5.41, 5.74) is -1.71. The lowest BCUT2D eigenvalue weighted by atomic mass is 9.83. The average Bonchev–Trinajstić information content (AvgIpc) is 3.58. The van der Waals surface area contributed by atoms with Gasteiger partial charge in [0.05, 0.1) is 32.8 Å². The second kappa shape index (κ2) is 24.2. The number of esters is 1. The van der Waals surface area contributed by atoms with Crippen LogP contribution in [0.15, 0.2) is 36.4 Å². The first-order valence-electron chi connectivity index (χ1n) is 18.6. The highest BCUT2D eigenvalue weighted by molar-refractivity contribution is 5.92. The van der Waals surface area contributed by atoms with E-state index >= 15 is 0 Å². The van der Waals surface area contributed by atoms with Crippen molar-refractivity contribution in [2.45, 2.75) is 134 Å². The molecule has 1 aromatic carbocycles. The van der Waals surface area contributed by atoms with E-state index in [0.717, 1.165) is 63.4 Å². The van der Waals surface area contributed by atoms with Gasteiger partial charge in [-0.05, 0) is 49.8 Å². The zero-order valence-electron chi connectivity index (χ0n) is 30.9. The molecule has 0 bridgehead atoms. The van der Waals surface area contributed by atoms with Gasteiger partial charge in [0.1, 0.15) is 11.8 Å². The summed E-state index contributed by atoms with van der Waals surface area (Å²) in [6.07, 6.45) is 17.0. The molecule has 3 N–H and O–H groups in total. The van der Waals surface area contributed by atoms with Gasteiger partial charge in [-0.1, -0.05) is 83.1 Å². The lowest BCUT2D eigenvalue weighted by Crippen LogP contribution is -2.55. The Morgan fingerprint density at radius 2 is 1.52 bits per heavy atom. The van der Waals surface area contributed by atoms with E-state index in [-0.39, 0.29) is 19.4 Å². The molecule has 11 heteroatoms. The first kappa shape index (κ1) is 43.2. The number of carboxylic acids is 1. The van der Waals surface area contributed by atoms with Crippen molar-refractivity contribution in [1.29, 1.82) is 0 Å². The zero-order valence-corrected chi connectivity index (χ0v) is 30.9. The highest BCUT2D eigenvalue weighted by atomic mass is 16.7.